The number of benzene rings is 3. The first-order chi connectivity index (χ1) is 16.1. The first kappa shape index (κ1) is 20.9. The fraction of sp³-hybridized carbons (Fsp3) is 0.222. The predicted octanol–water partition coefficient (Wildman–Crippen LogP) is 4.57. The molecule has 0 saturated heterocycles. The third-order valence-electron chi connectivity index (χ3n) is 6.08. The molecule has 1 unspecified atom stereocenters. The first-order valence-corrected chi connectivity index (χ1v) is 11.1. The van der Waals surface area contributed by atoms with E-state index in [-0.39, 0.29) is 11.8 Å². The van der Waals surface area contributed by atoms with Gasteiger partial charge < -0.3 is 24.7 Å². The molecule has 0 bridgehead atoms. The van der Waals surface area contributed by atoms with E-state index in [1.165, 1.54) is 0 Å². The number of H-pyrrole nitrogens is 1. The molecule has 1 amide bonds. The number of ether oxygens (including phenoxy) is 2. The lowest BCUT2D eigenvalue weighted by atomic mass is 9.90. The van der Waals surface area contributed by atoms with Gasteiger partial charge >= 0.3 is 0 Å². The van der Waals surface area contributed by atoms with Crippen molar-refractivity contribution < 1.29 is 14.3 Å². The van der Waals surface area contributed by atoms with Gasteiger partial charge in [-0.2, -0.15) is 0 Å². The smallest absolute Gasteiger partial charge is 0.251 e. The van der Waals surface area contributed by atoms with E-state index in [1.807, 2.05) is 32.4 Å². The molecule has 6 nitrogen and oxygen atoms in total. The molecule has 168 valence electrons. The highest BCUT2D eigenvalue weighted by Crippen LogP contribution is 2.33. The first-order valence-electron chi connectivity index (χ1n) is 11.1. The average molecular weight is 442 g/mol. The minimum atomic E-state index is -0.137. The predicted molar refractivity (Wildman–Crippen MR) is 131 cm³/mol. The molecule has 0 spiro atoms. The number of para-hydroxylation sites is 1. The van der Waals surface area contributed by atoms with Gasteiger partial charge in [0.2, 0.25) is 0 Å². The van der Waals surface area contributed by atoms with Crippen LogP contribution in [0.15, 0.2) is 72.9 Å². The number of nitrogens with zero attached hydrogens (tertiary/aromatic N) is 1. The average Bonchev–Trinajstić information content (AvgIpc) is 3.28. The number of aromatic nitrogens is 1. The zero-order valence-electron chi connectivity index (χ0n) is 18.8. The van der Waals surface area contributed by atoms with Gasteiger partial charge in [0.1, 0.15) is 13.2 Å². The number of carbonyl (C=O) groups is 1. The summed E-state index contributed by atoms with van der Waals surface area (Å²) in [5.74, 6) is 1.15. The van der Waals surface area contributed by atoms with E-state index in [2.05, 4.69) is 51.6 Å². The molecular weight excluding hydrogens is 414 g/mol. The van der Waals surface area contributed by atoms with Gasteiger partial charge in [0.25, 0.3) is 5.91 Å². The summed E-state index contributed by atoms with van der Waals surface area (Å²) in [6.07, 6.45) is 2.05. The normalized spacial score (nSPS) is 13.5. The number of rotatable bonds is 6. The molecule has 1 aliphatic rings. The van der Waals surface area contributed by atoms with Crippen LogP contribution in [0.4, 0.5) is 5.69 Å². The summed E-state index contributed by atoms with van der Waals surface area (Å²) in [7, 11) is 4.05. The van der Waals surface area contributed by atoms with E-state index >= 15 is 0 Å². The molecule has 1 aromatic heterocycles. The Morgan fingerprint density at radius 2 is 1.76 bits per heavy atom. The van der Waals surface area contributed by atoms with E-state index in [9.17, 15) is 4.79 Å². The number of amides is 1. The number of hydrogen-bond donors (Lipinski definition) is 2. The van der Waals surface area contributed by atoms with Crippen LogP contribution in [-0.4, -0.2) is 44.7 Å². The van der Waals surface area contributed by atoms with Crippen molar-refractivity contribution in [1.29, 1.82) is 0 Å². The van der Waals surface area contributed by atoms with Crippen LogP contribution < -0.4 is 19.7 Å². The van der Waals surface area contributed by atoms with Crippen LogP contribution in [0.3, 0.4) is 0 Å². The third kappa shape index (κ3) is 4.24. The molecule has 2 heterocycles. The largest absolute Gasteiger partial charge is 0.486 e. The van der Waals surface area contributed by atoms with E-state index in [1.54, 1.807) is 18.2 Å². The molecule has 33 heavy (non-hydrogen) atoms. The van der Waals surface area contributed by atoms with Gasteiger partial charge in [-0.05, 0) is 47.5 Å². The van der Waals surface area contributed by atoms with Crippen molar-refractivity contribution in [3.63, 3.8) is 0 Å². The zero-order valence-corrected chi connectivity index (χ0v) is 18.8. The van der Waals surface area contributed by atoms with E-state index < -0.39 is 0 Å². The SMILES string of the molecule is CN(C)c1ccc(C(CNC(=O)c2ccc3c(c2)OCCO3)c2c[nH]c3ccccc23)cc1. The number of hydrogen-bond acceptors (Lipinski definition) is 4. The summed E-state index contributed by atoms with van der Waals surface area (Å²) in [5, 5.41) is 4.30. The molecule has 0 fully saturated rings. The van der Waals surface area contributed by atoms with Gasteiger partial charge in [-0.1, -0.05) is 30.3 Å². The standard InChI is InChI=1S/C27H27N3O3/c1-30(2)20-10-7-18(8-11-20)22(23-17-28-24-6-4-3-5-21(23)24)16-29-27(31)19-9-12-25-26(15-19)33-14-13-32-25/h3-12,15,17,22,28H,13-14,16H2,1-2H3,(H,29,31). The summed E-state index contributed by atoms with van der Waals surface area (Å²) >= 11 is 0. The second-order valence-electron chi connectivity index (χ2n) is 8.40. The Morgan fingerprint density at radius 1 is 1.00 bits per heavy atom. The Labute approximate surface area is 193 Å². The molecule has 4 aromatic rings. The second kappa shape index (κ2) is 8.90. The molecule has 3 aromatic carbocycles. The highest BCUT2D eigenvalue weighted by atomic mass is 16.6. The number of anilines is 1. The van der Waals surface area contributed by atoms with Crippen LogP contribution in [-0.2, 0) is 0 Å². The Kier molecular flexibility index (Phi) is 5.65. The van der Waals surface area contributed by atoms with Crippen molar-refractivity contribution in [2.24, 2.45) is 0 Å². The molecule has 0 saturated carbocycles. The number of carbonyl (C=O) groups excluding carboxylic acids is 1. The Hall–Kier alpha value is -3.93. The Bertz CT molecular complexity index is 1280. The van der Waals surface area contributed by atoms with Crippen molar-refractivity contribution in [3.05, 3.63) is 89.6 Å². The van der Waals surface area contributed by atoms with Crippen molar-refractivity contribution in [3.8, 4) is 11.5 Å². The Balaban J connectivity index is 1.43. The lowest BCUT2D eigenvalue weighted by Gasteiger charge is -2.21. The van der Waals surface area contributed by atoms with Gasteiger partial charge in [-0.25, -0.2) is 0 Å². The van der Waals surface area contributed by atoms with E-state index in [0.29, 0.717) is 36.8 Å². The van der Waals surface area contributed by atoms with Crippen LogP contribution in [0.5, 0.6) is 11.5 Å². The van der Waals surface area contributed by atoms with Crippen LogP contribution in [0, 0.1) is 0 Å². The van der Waals surface area contributed by atoms with Gasteiger partial charge in [0.05, 0.1) is 0 Å². The molecule has 5 rings (SSSR count). The van der Waals surface area contributed by atoms with Crippen LogP contribution in [0.25, 0.3) is 10.9 Å². The maximum absolute atomic E-state index is 13.0. The second-order valence-corrected chi connectivity index (χ2v) is 8.40. The highest BCUT2D eigenvalue weighted by Gasteiger charge is 2.21. The van der Waals surface area contributed by atoms with Gasteiger partial charge in [0, 0.05) is 54.9 Å². The van der Waals surface area contributed by atoms with Crippen molar-refractivity contribution in [2.45, 2.75) is 5.92 Å². The quantitative estimate of drug-likeness (QED) is 0.460. The molecule has 1 aliphatic heterocycles. The van der Waals surface area contributed by atoms with Crippen molar-refractivity contribution >= 4 is 22.5 Å². The van der Waals surface area contributed by atoms with Gasteiger partial charge in [-0.15, -0.1) is 0 Å². The van der Waals surface area contributed by atoms with Crippen LogP contribution in [0.2, 0.25) is 0 Å². The molecule has 0 radical (unpaired) electrons. The Morgan fingerprint density at radius 3 is 2.55 bits per heavy atom. The van der Waals surface area contributed by atoms with Crippen molar-refractivity contribution in [1.82, 2.24) is 10.3 Å². The molecule has 6 heteroatoms. The van der Waals surface area contributed by atoms with Crippen LogP contribution in [0.1, 0.15) is 27.4 Å². The number of aromatic amines is 1. The maximum atomic E-state index is 13.0. The number of nitrogens with one attached hydrogen (secondary N) is 2. The molecular formula is C27H27N3O3. The molecule has 1 atom stereocenters. The van der Waals surface area contributed by atoms with Gasteiger partial charge in [0.15, 0.2) is 11.5 Å². The zero-order chi connectivity index (χ0) is 22.8. The lowest BCUT2D eigenvalue weighted by Crippen LogP contribution is -2.29. The third-order valence-corrected chi connectivity index (χ3v) is 6.08. The fourth-order valence-electron chi connectivity index (χ4n) is 4.28. The maximum Gasteiger partial charge on any atom is 0.251 e. The molecule has 2 N–H and O–H groups in total. The molecule has 0 aliphatic carbocycles. The monoisotopic (exact) mass is 441 g/mol. The summed E-state index contributed by atoms with van der Waals surface area (Å²) < 4.78 is 11.2. The van der Waals surface area contributed by atoms with Crippen LogP contribution >= 0.6 is 0 Å². The topological polar surface area (TPSA) is 66.6 Å². The number of fused-ring (bicyclic) bond motifs is 2. The highest BCUT2D eigenvalue weighted by molar-refractivity contribution is 5.95. The summed E-state index contributed by atoms with van der Waals surface area (Å²) in [6.45, 7) is 1.48. The minimum Gasteiger partial charge on any atom is -0.486 e. The lowest BCUT2D eigenvalue weighted by molar-refractivity contribution is 0.0951. The fourth-order valence-corrected chi connectivity index (χ4v) is 4.28. The summed E-state index contributed by atoms with van der Waals surface area (Å²) in [4.78, 5) is 18.5. The van der Waals surface area contributed by atoms with E-state index in [0.717, 1.165) is 27.7 Å². The van der Waals surface area contributed by atoms with Gasteiger partial charge in [-0.3, -0.25) is 4.79 Å². The van der Waals surface area contributed by atoms with Crippen molar-refractivity contribution in [2.75, 3.05) is 38.8 Å². The van der Waals surface area contributed by atoms with E-state index in [4.69, 9.17) is 9.47 Å². The summed E-state index contributed by atoms with van der Waals surface area (Å²) in [5.41, 5.74) is 5.08. The minimum absolute atomic E-state index is 0.00137. The summed E-state index contributed by atoms with van der Waals surface area (Å²) in [6, 6.07) is 22.1.